The average Bonchev–Trinajstić information content (AvgIpc) is 2.25. The van der Waals surface area contributed by atoms with Gasteiger partial charge >= 0.3 is 0 Å². The summed E-state index contributed by atoms with van der Waals surface area (Å²) in [5.74, 6) is 0. The van der Waals surface area contributed by atoms with Crippen molar-refractivity contribution < 1.29 is 0 Å². The lowest BCUT2D eigenvalue weighted by Gasteiger charge is -2.02. The van der Waals surface area contributed by atoms with Crippen molar-refractivity contribution in [3.05, 3.63) is 24.3 Å². The number of aromatic nitrogens is 2. The van der Waals surface area contributed by atoms with E-state index in [0.717, 1.165) is 31.6 Å². The van der Waals surface area contributed by atoms with Crippen LogP contribution in [0.3, 0.4) is 0 Å². The molecule has 0 saturated heterocycles. The molecule has 0 bridgehead atoms. The Hall–Kier alpha value is -1.47. The molecule has 0 radical (unpaired) electrons. The van der Waals surface area contributed by atoms with Gasteiger partial charge in [0.15, 0.2) is 0 Å². The highest BCUT2D eigenvalue weighted by molar-refractivity contribution is 4.96. The first-order valence-corrected chi connectivity index (χ1v) is 4.76. The van der Waals surface area contributed by atoms with Gasteiger partial charge < -0.3 is 5.32 Å². The molecule has 0 spiro atoms. The van der Waals surface area contributed by atoms with E-state index in [4.69, 9.17) is 5.26 Å². The fourth-order valence-corrected chi connectivity index (χ4v) is 1.09. The standard InChI is InChI=1S/C10H14N4/c11-5-2-1-3-6-12-8-10-4-7-13-9-14-10/h4,7,9,12H,1-3,6,8H2. The van der Waals surface area contributed by atoms with Crippen LogP contribution in [0.15, 0.2) is 18.6 Å². The summed E-state index contributed by atoms with van der Waals surface area (Å²) in [6.07, 6.45) is 5.94. The molecule has 1 rings (SSSR count). The SMILES string of the molecule is N#CCCCCNCc1ccncn1. The van der Waals surface area contributed by atoms with Crippen molar-refractivity contribution >= 4 is 0 Å². The first-order chi connectivity index (χ1) is 6.93. The third-order valence-corrected chi connectivity index (χ3v) is 1.84. The van der Waals surface area contributed by atoms with E-state index in [2.05, 4.69) is 21.4 Å². The van der Waals surface area contributed by atoms with Gasteiger partial charge in [0.25, 0.3) is 0 Å². The molecule has 0 atom stereocenters. The average molecular weight is 190 g/mol. The van der Waals surface area contributed by atoms with Gasteiger partial charge in [0, 0.05) is 19.2 Å². The van der Waals surface area contributed by atoms with Gasteiger partial charge in [0.05, 0.1) is 11.8 Å². The van der Waals surface area contributed by atoms with Crippen LogP contribution in [0.25, 0.3) is 0 Å². The zero-order valence-corrected chi connectivity index (χ0v) is 8.11. The summed E-state index contributed by atoms with van der Waals surface area (Å²) in [6, 6.07) is 4.02. The van der Waals surface area contributed by atoms with Crippen LogP contribution >= 0.6 is 0 Å². The van der Waals surface area contributed by atoms with Crippen LogP contribution in [-0.4, -0.2) is 16.5 Å². The van der Waals surface area contributed by atoms with E-state index in [0.29, 0.717) is 6.42 Å². The Balaban J connectivity index is 2.03. The Bertz CT molecular complexity index is 278. The van der Waals surface area contributed by atoms with Crippen LogP contribution in [0, 0.1) is 11.3 Å². The van der Waals surface area contributed by atoms with Crippen LogP contribution in [0.5, 0.6) is 0 Å². The summed E-state index contributed by atoms with van der Waals surface area (Å²) >= 11 is 0. The monoisotopic (exact) mass is 190 g/mol. The fraction of sp³-hybridized carbons (Fsp3) is 0.500. The number of hydrogen-bond donors (Lipinski definition) is 1. The minimum atomic E-state index is 0.648. The van der Waals surface area contributed by atoms with Crippen LogP contribution < -0.4 is 5.32 Å². The molecule has 0 unspecified atom stereocenters. The summed E-state index contributed by atoms with van der Waals surface area (Å²) in [6.45, 7) is 1.71. The summed E-state index contributed by atoms with van der Waals surface area (Å²) < 4.78 is 0. The fourth-order valence-electron chi connectivity index (χ4n) is 1.09. The maximum Gasteiger partial charge on any atom is 0.115 e. The van der Waals surface area contributed by atoms with Crippen molar-refractivity contribution in [1.82, 2.24) is 15.3 Å². The summed E-state index contributed by atoms with van der Waals surface area (Å²) in [7, 11) is 0. The van der Waals surface area contributed by atoms with Gasteiger partial charge in [0.1, 0.15) is 6.33 Å². The lowest BCUT2D eigenvalue weighted by Crippen LogP contribution is -2.15. The zero-order valence-electron chi connectivity index (χ0n) is 8.11. The van der Waals surface area contributed by atoms with Gasteiger partial charge in [-0.25, -0.2) is 9.97 Å². The van der Waals surface area contributed by atoms with Crippen molar-refractivity contribution in [2.24, 2.45) is 0 Å². The van der Waals surface area contributed by atoms with E-state index >= 15 is 0 Å². The predicted octanol–water partition coefficient (Wildman–Crippen LogP) is 1.26. The van der Waals surface area contributed by atoms with E-state index < -0.39 is 0 Å². The van der Waals surface area contributed by atoms with Crippen molar-refractivity contribution in [3.8, 4) is 6.07 Å². The second-order valence-corrected chi connectivity index (χ2v) is 2.99. The normalized spacial score (nSPS) is 9.64. The number of unbranched alkanes of at least 4 members (excludes halogenated alkanes) is 2. The number of nitrogens with zero attached hydrogens (tertiary/aromatic N) is 3. The molecule has 0 saturated carbocycles. The highest BCUT2D eigenvalue weighted by Gasteiger charge is 1.92. The molecule has 1 aromatic heterocycles. The predicted molar refractivity (Wildman–Crippen MR) is 53.2 cm³/mol. The molecule has 0 aliphatic carbocycles. The Morgan fingerprint density at radius 3 is 3.07 bits per heavy atom. The minimum absolute atomic E-state index is 0.648. The Kier molecular flexibility index (Phi) is 5.29. The zero-order chi connectivity index (χ0) is 10.1. The minimum Gasteiger partial charge on any atom is -0.311 e. The molecule has 0 fully saturated rings. The van der Waals surface area contributed by atoms with Gasteiger partial charge in [-0.15, -0.1) is 0 Å². The topological polar surface area (TPSA) is 61.6 Å². The van der Waals surface area contributed by atoms with E-state index in [1.807, 2.05) is 6.07 Å². The molecule has 4 heteroatoms. The molecule has 4 nitrogen and oxygen atoms in total. The van der Waals surface area contributed by atoms with Crippen molar-refractivity contribution in [3.63, 3.8) is 0 Å². The molecule has 1 N–H and O–H groups in total. The molecule has 0 aliphatic heterocycles. The summed E-state index contributed by atoms with van der Waals surface area (Å²) in [5, 5.41) is 11.6. The summed E-state index contributed by atoms with van der Waals surface area (Å²) in [4.78, 5) is 7.93. The van der Waals surface area contributed by atoms with Gasteiger partial charge in [-0.3, -0.25) is 0 Å². The molecule has 0 amide bonds. The van der Waals surface area contributed by atoms with Crippen LogP contribution in [-0.2, 0) is 6.54 Å². The van der Waals surface area contributed by atoms with E-state index in [9.17, 15) is 0 Å². The largest absolute Gasteiger partial charge is 0.311 e. The molecule has 14 heavy (non-hydrogen) atoms. The lowest BCUT2D eigenvalue weighted by atomic mass is 10.2. The molecule has 1 aromatic rings. The first-order valence-electron chi connectivity index (χ1n) is 4.76. The van der Waals surface area contributed by atoms with Crippen molar-refractivity contribution in [2.45, 2.75) is 25.8 Å². The second-order valence-electron chi connectivity index (χ2n) is 2.99. The van der Waals surface area contributed by atoms with E-state index in [1.165, 1.54) is 0 Å². The quantitative estimate of drug-likeness (QED) is 0.686. The molecule has 74 valence electrons. The maximum absolute atomic E-state index is 8.31. The number of nitrogens with one attached hydrogen (secondary N) is 1. The summed E-state index contributed by atoms with van der Waals surface area (Å²) in [5.41, 5.74) is 1.00. The molecule has 0 aliphatic rings. The number of nitriles is 1. The van der Waals surface area contributed by atoms with Crippen LogP contribution in [0.4, 0.5) is 0 Å². The van der Waals surface area contributed by atoms with Gasteiger partial charge in [0.2, 0.25) is 0 Å². The first kappa shape index (κ1) is 10.6. The lowest BCUT2D eigenvalue weighted by molar-refractivity contribution is 0.621. The smallest absolute Gasteiger partial charge is 0.115 e. The number of rotatable bonds is 6. The van der Waals surface area contributed by atoms with E-state index in [-0.39, 0.29) is 0 Å². The van der Waals surface area contributed by atoms with Gasteiger partial charge in [-0.1, -0.05) is 0 Å². The Labute approximate surface area is 84.0 Å². The van der Waals surface area contributed by atoms with Crippen LogP contribution in [0.2, 0.25) is 0 Å². The second kappa shape index (κ2) is 6.98. The molecule has 0 aromatic carbocycles. The Morgan fingerprint density at radius 2 is 2.36 bits per heavy atom. The molecular formula is C10H14N4. The highest BCUT2D eigenvalue weighted by Crippen LogP contribution is 1.93. The third-order valence-electron chi connectivity index (χ3n) is 1.84. The van der Waals surface area contributed by atoms with E-state index in [1.54, 1.807) is 12.5 Å². The number of hydrogen-bond acceptors (Lipinski definition) is 4. The molecule has 1 heterocycles. The van der Waals surface area contributed by atoms with Crippen molar-refractivity contribution in [2.75, 3.05) is 6.54 Å². The van der Waals surface area contributed by atoms with Crippen molar-refractivity contribution in [1.29, 1.82) is 5.26 Å². The molecular weight excluding hydrogens is 176 g/mol. The maximum atomic E-state index is 8.31. The van der Waals surface area contributed by atoms with Crippen LogP contribution in [0.1, 0.15) is 25.0 Å². The highest BCUT2D eigenvalue weighted by atomic mass is 14.9. The third kappa shape index (κ3) is 4.53. The van der Waals surface area contributed by atoms with Gasteiger partial charge in [-0.2, -0.15) is 5.26 Å². The Morgan fingerprint density at radius 1 is 1.43 bits per heavy atom. The van der Waals surface area contributed by atoms with Gasteiger partial charge in [-0.05, 0) is 25.5 Å².